The third-order valence-electron chi connectivity index (χ3n) is 5.69. The molecule has 0 saturated carbocycles. The van der Waals surface area contributed by atoms with Gasteiger partial charge in [0.15, 0.2) is 0 Å². The lowest BCUT2D eigenvalue weighted by molar-refractivity contribution is -0.141. The van der Waals surface area contributed by atoms with Crippen LogP contribution in [0.1, 0.15) is 42.4 Å². The highest BCUT2D eigenvalue weighted by molar-refractivity contribution is 5.96. The van der Waals surface area contributed by atoms with Gasteiger partial charge in [0, 0.05) is 23.7 Å². The molecule has 0 radical (unpaired) electrons. The Morgan fingerprint density at radius 3 is 2.48 bits per heavy atom. The van der Waals surface area contributed by atoms with Crippen molar-refractivity contribution in [3.63, 3.8) is 0 Å². The molecule has 4 nitrogen and oxygen atoms in total. The molecule has 0 fully saturated rings. The summed E-state index contributed by atoms with van der Waals surface area (Å²) < 4.78 is 5.66. The van der Waals surface area contributed by atoms with Crippen molar-refractivity contribution in [2.24, 2.45) is 5.92 Å². The van der Waals surface area contributed by atoms with Crippen LogP contribution in [0.3, 0.4) is 0 Å². The quantitative estimate of drug-likeness (QED) is 0.782. The lowest BCUT2D eigenvalue weighted by Gasteiger charge is -2.38. The summed E-state index contributed by atoms with van der Waals surface area (Å²) in [5.41, 5.74) is 5.25. The van der Waals surface area contributed by atoms with Gasteiger partial charge in [-0.1, -0.05) is 66.2 Å². The molecule has 1 heterocycles. The Kier molecular flexibility index (Phi) is 5.34. The van der Waals surface area contributed by atoms with E-state index in [1.807, 2.05) is 68.4 Å². The number of ether oxygens (including phenoxy) is 1. The van der Waals surface area contributed by atoms with Crippen LogP contribution in [0.15, 0.2) is 77.6 Å². The molecule has 0 saturated heterocycles. The summed E-state index contributed by atoms with van der Waals surface area (Å²) in [7, 11) is 0. The number of hydrogen-bond acceptors (Lipinski definition) is 4. The predicted octanol–water partition coefficient (Wildman–Crippen LogP) is 4.56. The van der Waals surface area contributed by atoms with Crippen molar-refractivity contribution in [2.45, 2.75) is 39.2 Å². The average Bonchev–Trinajstić information content (AvgIpc) is 2.72. The molecule has 4 heteroatoms. The van der Waals surface area contributed by atoms with Crippen molar-refractivity contribution in [3.05, 3.63) is 94.3 Å². The highest BCUT2D eigenvalue weighted by Crippen LogP contribution is 2.43. The number of carbonyl (C=O) groups is 2. The van der Waals surface area contributed by atoms with E-state index in [1.165, 1.54) is 0 Å². The van der Waals surface area contributed by atoms with Gasteiger partial charge in [0.25, 0.3) is 0 Å². The molecule has 29 heavy (non-hydrogen) atoms. The van der Waals surface area contributed by atoms with Gasteiger partial charge in [0.05, 0.1) is 11.5 Å². The van der Waals surface area contributed by atoms with Crippen LogP contribution < -0.4 is 5.32 Å². The van der Waals surface area contributed by atoms with Crippen LogP contribution in [0.25, 0.3) is 0 Å². The smallest absolute Gasteiger partial charge is 0.336 e. The Bertz CT molecular complexity index is 986. The molecule has 0 bridgehead atoms. The molecular formula is C25H25NO3. The molecule has 2 aromatic rings. The molecule has 0 amide bonds. The van der Waals surface area contributed by atoms with Crippen LogP contribution in [-0.4, -0.2) is 11.8 Å². The fourth-order valence-electron chi connectivity index (χ4n) is 4.22. The van der Waals surface area contributed by atoms with Gasteiger partial charge in [-0.25, -0.2) is 4.79 Å². The Hall–Kier alpha value is -3.14. The van der Waals surface area contributed by atoms with E-state index in [0.717, 1.165) is 34.5 Å². The number of allylic oxidation sites excluding steroid dienone is 3. The summed E-state index contributed by atoms with van der Waals surface area (Å²) in [6.07, 6.45) is 3.33. The molecular weight excluding hydrogens is 362 g/mol. The van der Waals surface area contributed by atoms with E-state index in [0.29, 0.717) is 12.0 Å². The molecule has 2 aliphatic rings. The van der Waals surface area contributed by atoms with Crippen molar-refractivity contribution in [2.75, 3.05) is 0 Å². The molecule has 2 aromatic carbocycles. The minimum atomic E-state index is -0.373. The molecule has 0 spiro atoms. The maximum absolute atomic E-state index is 13.2. The number of ketones is 1. The minimum absolute atomic E-state index is 0.168. The zero-order valence-electron chi connectivity index (χ0n) is 16.8. The van der Waals surface area contributed by atoms with Crippen molar-refractivity contribution < 1.29 is 14.3 Å². The minimum Gasteiger partial charge on any atom is -0.457 e. The first kappa shape index (κ1) is 19.2. The van der Waals surface area contributed by atoms with Gasteiger partial charge in [0.2, 0.25) is 0 Å². The summed E-state index contributed by atoms with van der Waals surface area (Å²) >= 11 is 0. The number of nitrogens with one attached hydrogen (secondary N) is 1. The monoisotopic (exact) mass is 387 g/mol. The molecule has 148 valence electrons. The summed E-state index contributed by atoms with van der Waals surface area (Å²) in [6.45, 7) is 4.12. The van der Waals surface area contributed by atoms with E-state index >= 15 is 0 Å². The van der Waals surface area contributed by atoms with Crippen LogP contribution in [0.4, 0.5) is 0 Å². The van der Waals surface area contributed by atoms with E-state index in [1.54, 1.807) is 0 Å². The fraction of sp³-hybridized carbons (Fsp3) is 0.280. The van der Waals surface area contributed by atoms with E-state index in [4.69, 9.17) is 4.74 Å². The van der Waals surface area contributed by atoms with Gasteiger partial charge in [-0.2, -0.15) is 0 Å². The first-order valence-electron chi connectivity index (χ1n) is 10.0. The van der Waals surface area contributed by atoms with Gasteiger partial charge < -0.3 is 10.1 Å². The number of esters is 1. The lowest BCUT2D eigenvalue weighted by atomic mass is 9.71. The molecule has 1 N–H and O–H groups in total. The van der Waals surface area contributed by atoms with Crippen LogP contribution in [0.5, 0.6) is 0 Å². The number of benzene rings is 2. The maximum atomic E-state index is 13.2. The number of hydrogen-bond donors (Lipinski definition) is 1. The second kappa shape index (κ2) is 8.08. The number of Topliss-reactive ketones (excluding diaryl/α,β-unsaturated/α-hetero) is 1. The SMILES string of the molecule is CC1=C(C(=O)OCc2ccccc2)C(c2ccc(C)cc2)C2C(=O)CCC=C2N1. The van der Waals surface area contributed by atoms with Gasteiger partial charge >= 0.3 is 5.97 Å². The lowest BCUT2D eigenvalue weighted by Crippen LogP contribution is -2.40. The summed E-state index contributed by atoms with van der Waals surface area (Å²) in [6, 6.07) is 17.7. The zero-order chi connectivity index (χ0) is 20.4. The van der Waals surface area contributed by atoms with E-state index in [2.05, 4.69) is 11.4 Å². The predicted molar refractivity (Wildman–Crippen MR) is 112 cm³/mol. The normalized spacial score (nSPS) is 21.2. The van der Waals surface area contributed by atoms with Crippen LogP contribution in [0, 0.1) is 12.8 Å². The first-order chi connectivity index (χ1) is 14.0. The maximum Gasteiger partial charge on any atom is 0.336 e. The third-order valence-corrected chi connectivity index (χ3v) is 5.69. The summed E-state index contributed by atoms with van der Waals surface area (Å²) in [4.78, 5) is 26.0. The first-order valence-corrected chi connectivity index (χ1v) is 10.0. The fourth-order valence-corrected chi connectivity index (χ4v) is 4.22. The van der Waals surface area contributed by atoms with Crippen molar-refractivity contribution in [1.29, 1.82) is 0 Å². The number of fused-ring (bicyclic) bond motifs is 1. The summed E-state index contributed by atoms with van der Waals surface area (Å²) in [5.74, 6) is -0.906. The number of aryl methyl sites for hydroxylation is 1. The van der Waals surface area contributed by atoms with E-state index < -0.39 is 0 Å². The van der Waals surface area contributed by atoms with Crippen molar-refractivity contribution in [3.8, 4) is 0 Å². The largest absolute Gasteiger partial charge is 0.457 e. The molecule has 1 aliphatic heterocycles. The van der Waals surface area contributed by atoms with Crippen LogP contribution in [0.2, 0.25) is 0 Å². The second-order valence-corrected chi connectivity index (χ2v) is 7.76. The second-order valence-electron chi connectivity index (χ2n) is 7.76. The van der Waals surface area contributed by atoms with Crippen LogP contribution >= 0.6 is 0 Å². The van der Waals surface area contributed by atoms with Gasteiger partial charge in [0.1, 0.15) is 12.4 Å². The van der Waals surface area contributed by atoms with E-state index in [-0.39, 0.29) is 30.2 Å². The van der Waals surface area contributed by atoms with Crippen molar-refractivity contribution >= 4 is 11.8 Å². The summed E-state index contributed by atoms with van der Waals surface area (Å²) in [5, 5.41) is 3.31. The topological polar surface area (TPSA) is 55.4 Å². The number of rotatable bonds is 4. The van der Waals surface area contributed by atoms with Crippen LogP contribution in [-0.2, 0) is 20.9 Å². The third kappa shape index (κ3) is 3.88. The number of carbonyl (C=O) groups excluding carboxylic acids is 2. The van der Waals surface area contributed by atoms with Gasteiger partial charge in [-0.15, -0.1) is 0 Å². The highest BCUT2D eigenvalue weighted by atomic mass is 16.5. The zero-order valence-corrected chi connectivity index (χ0v) is 16.8. The Balaban J connectivity index is 1.71. The highest BCUT2D eigenvalue weighted by Gasteiger charge is 2.43. The molecule has 2 unspecified atom stereocenters. The van der Waals surface area contributed by atoms with Gasteiger partial charge in [-0.05, 0) is 31.4 Å². The van der Waals surface area contributed by atoms with Gasteiger partial charge in [-0.3, -0.25) is 4.79 Å². The Morgan fingerprint density at radius 1 is 1.03 bits per heavy atom. The van der Waals surface area contributed by atoms with Crippen molar-refractivity contribution in [1.82, 2.24) is 5.32 Å². The standard InChI is InChI=1S/C25H25NO3/c1-16-11-13-19(14-12-16)23-22(25(28)29-15-18-7-4-3-5-8-18)17(2)26-20-9-6-10-21(27)24(20)23/h3-5,7-9,11-14,23-24,26H,6,10,15H2,1-2H3. The molecule has 4 rings (SSSR count). The average molecular weight is 387 g/mol. The Morgan fingerprint density at radius 2 is 1.76 bits per heavy atom. The molecule has 1 aliphatic carbocycles. The molecule has 0 aromatic heterocycles. The Labute approximate surface area is 171 Å². The van der Waals surface area contributed by atoms with E-state index in [9.17, 15) is 9.59 Å². The molecule has 2 atom stereocenters.